The third-order valence-electron chi connectivity index (χ3n) is 2.81. The minimum Gasteiger partial charge on any atom is -0.395 e. The van der Waals surface area contributed by atoms with Crippen molar-refractivity contribution in [2.24, 2.45) is 5.73 Å². The minimum absolute atomic E-state index is 0.0972. The fourth-order valence-corrected chi connectivity index (χ4v) is 1.56. The molecule has 0 saturated heterocycles. The van der Waals surface area contributed by atoms with Crippen LogP contribution in [0, 0.1) is 5.41 Å². The van der Waals surface area contributed by atoms with E-state index in [9.17, 15) is 18.0 Å². The highest BCUT2D eigenvalue weighted by atomic mass is 19.4. The quantitative estimate of drug-likeness (QED) is 0.586. The summed E-state index contributed by atoms with van der Waals surface area (Å²) >= 11 is 0. The summed E-state index contributed by atoms with van der Waals surface area (Å²) in [4.78, 5) is 15.0. The maximum absolute atomic E-state index is 12.4. The highest BCUT2D eigenvalue weighted by Crippen LogP contribution is 2.29. The van der Waals surface area contributed by atoms with E-state index in [0.29, 0.717) is 12.1 Å². The molecular weight excluding hydrogens is 355 g/mol. The monoisotopic (exact) mass is 373 g/mol. The number of hydrogen-bond acceptors (Lipinski definition) is 7. The minimum atomic E-state index is -4.70. The number of nitrogens with two attached hydrogens (primary N) is 1. The Balaban J connectivity index is 0.000000765. The van der Waals surface area contributed by atoms with Crippen LogP contribution in [-0.4, -0.2) is 46.6 Å². The summed E-state index contributed by atoms with van der Waals surface area (Å²) in [5.74, 6) is -2.04. The Kier molecular flexibility index (Phi) is 7.87. The number of aliphatic hydroxyl groups is 1. The van der Waals surface area contributed by atoms with Crippen LogP contribution in [0.15, 0.2) is 28.8 Å². The van der Waals surface area contributed by atoms with Crippen molar-refractivity contribution in [3.63, 3.8) is 0 Å². The van der Waals surface area contributed by atoms with Crippen molar-refractivity contribution in [1.82, 2.24) is 15.5 Å². The highest BCUT2D eigenvalue weighted by molar-refractivity contribution is 5.96. The van der Waals surface area contributed by atoms with Crippen LogP contribution in [0.5, 0.6) is 0 Å². The molecule has 1 atom stereocenters. The Morgan fingerprint density at radius 3 is 2.42 bits per heavy atom. The van der Waals surface area contributed by atoms with Crippen molar-refractivity contribution in [1.29, 1.82) is 5.41 Å². The topological polar surface area (TPSA) is 138 Å². The second-order valence-corrected chi connectivity index (χ2v) is 4.94. The van der Waals surface area contributed by atoms with Crippen LogP contribution >= 0.6 is 0 Å². The fraction of sp³-hybridized carbons (Fsp3) is 0.333. The van der Waals surface area contributed by atoms with Gasteiger partial charge in [0.2, 0.25) is 5.82 Å². The molecule has 11 heteroatoms. The Hall–Kier alpha value is -2.79. The van der Waals surface area contributed by atoms with E-state index >= 15 is 0 Å². The maximum Gasteiger partial charge on any atom is 0.471 e. The van der Waals surface area contributed by atoms with E-state index in [1.165, 1.54) is 24.3 Å². The summed E-state index contributed by atoms with van der Waals surface area (Å²) in [6.07, 6.45) is -3.63. The van der Waals surface area contributed by atoms with Gasteiger partial charge in [-0.15, -0.1) is 0 Å². The Morgan fingerprint density at radius 2 is 2.00 bits per heavy atom. The molecule has 0 saturated carbocycles. The molecule has 1 unspecified atom stereocenters. The number of halogens is 3. The molecule has 1 aromatic heterocycles. The van der Waals surface area contributed by atoms with Gasteiger partial charge in [0.05, 0.1) is 12.6 Å². The van der Waals surface area contributed by atoms with Gasteiger partial charge >= 0.3 is 12.1 Å². The lowest BCUT2D eigenvalue weighted by molar-refractivity contribution is -0.159. The highest BCUT2D eigenvalue weighted by Gasteiger charge is 2.38. The van der Waals surface area contributed by atoms with Crippen molar-refractivity contribution in [3.05, 3.63) is 35.7 Å². The molecule has 0 bridgehead atoms. The zero-order chi connectivity index (χ0) is 19.7. The third-order valence-corrected chi connectivity index (χ3v) is 2.81. The molecule has 8 nitrogen and oxygen atoms in total. The first-order valence-electron chi connectivity index (χ1n) is 7.36. The Bertz CT molecular complexity index is 714. The standard InChI is InChI=1S/C13H11F3N4O2.C2H7NO/c1-7(6-17)18-11(21)9-4-2-8(3-5-9)10-19-12(22-20-10)13(14,15)16;3-1-2-4/h2-7,17H,1H3,(H,18,21);4H,1-3H2. The van der Waals surface area contributed by atoms with Crippen LogP contribution in [0.4, 0.5) is 13.2 Å². The molecule has 1 aromatic carbocycles. The van der Waals surface area contributed by atoms with Gasteiger partial charge in [-0.1, -0.05) is 17.3 Å². The molecule has 2 aromatic rings. The molecule has 0 fully saturated rings. The molecule has 2 rings (SSSR count). The number of benzene rings is 1. The number of rotatable bonds is 5. The van der Waals surface area contributed by atoms with Crippen molar-refractivity contribution < 1.29 is 27.6 Å². The van der Waals surface area contributed by atoms with Gasteiger partial charge in [0, 0.05) is 23.9 Å². The first kappa shape index (κ1) is 21.3. The van der Waals surface area contributed by atoms with Gasteiger partial charge in [0.15, 0.2) is 0 Å². The lowest BCUT2D eigenvalue weighted by Gasteiger charge is -2.08. The van der Waals surface area contributed by atoms with Crippen LogP contribution in [0.3, 0.4) is 0 Å². The summed E-state index contributed by atoms with van der Waals surface area (Å²) in [6.45, 7) is 2.11. The zero-order valence-electron chi connectivity index (χ0n) is 13.7. The smallest absolute Gasteiger partial charge is 0.395 e. The largest absolute Gasteiger partial charge is 0.471 e. The van der Waals surface area contributed by atoms with E-state index in [2.05, 4.69) is 20.0 Å². The number of hydrogen-bond donors (Lipinski definition) is 4. The summed E-state index contributed by atoms with van der Waals surface area (Å²) in [7, 11) is 0. The van der Waals surface area contributed by atoms with E-state index in [1.54, 1.807) is 6.92 Å². The number of nitrogens with zero attached hydrogens (tertiary/aromatic N) is 2. The average Bonchev–Trinajstić information content (AvgIpc) is 3.12. The van der Waals surface area contributed by atoms with Gasteiger partial charge in [-0.05, 0) is 19.1 Å². The number of amides is 1. The van der Waals surface area contributed by atoms with Crippen molar-refractivity contribution in [2.75, 3.05) is 13.2 Å². The first-order chi connectivity index (χ1) is 12.2. The molecule has 0 radical (unpaired) electrons. The van der Waals surface area contributed by atoms with Crippen LogP contribution in [0.2, 0.25) is 0 Å². The van der Waals surface area contributed by atoms with Crippen molar-refractivity contribution >= 4 is 12.1 Å². The molecular formula is C15H18F3N5O3. The van der Waals surface area contributed by atoms with Crippen LogP contribution in [0.25, 0.3) is 11.4 Å². The van der Waals surface area contributed by atoms with Crippen LogP contribution in [0.1, 0.15) is 23.2 Å². The number of carbonyl (C=O) groups excluding carboxylic acids is 1. The fourth-order valence-electron chi connectivity index (χ4n) is 1.56. The van der Waals surface area contributed by atoms with Crippen LogP contribution < -0.4 is 11.1 Å². The molecule has 0 aliphatic heterocycles. The van der Waals surface area contributed by atoms with Gasteiger partial charge in [-0.25, -0.2) is 0 Å². The molecule has 0 aliphatic rings. The van der Waals surface area contributed by atoms with Crippen molar-refractivity contribution in [2.45, 2.75) is 19.1 Å². The maximum atomic E-state index is 12.4. The number of aliphatic hydroxyl groups excluding tert-OH is 1. The predicted octanol–water partition coefficient (Wildman–Crippen LogP) is 1.46. The third kappa shape index (κ3) is 6.26. The number of aromatic nitrogens is 2. The first-order valence-corrected chi connectivity index (χ1v) is 7.36. The molecule has 0 aliphatic carbocycles. The molecule has 1 heterocycles. The predicted molar refractivity (Wildman–Crippen MR) is 86.6 cm³/mol. The van der Waals surface area contributed by atoms with E-state index in [4.69, 9.17) is 16.2 Å². The number of carbonyl (C=O) groups is 1. The zero-order valence-corrected chi connectivity index (χ0v) is 13.7. The lowest BCUT2D eigenvalue weighted by Crippen LogP contribution is -2.33. The van der Waals surface area contributed by atoms with E-state index in [0.717, 1.165) is 6.21 Å². The lowest BCUT2D eigenvalue weighted by atomic mass is 10.1. The van der Waals surface area contributed by atoms with Crippen LogP contribution in [-0.2, 0) is 6.18 Å². The van der Waals surface area contributed by atoms with Gasteiger partial charge < -0.3 is 26.1 Å². The van der Waals surface area contributed by atoms with Gasteiger partial charge in [-0.3, -0.25) is 4.79 Å². The second-order valence-electron chi connectivity index (χ2n) is 4.94. The molecule has 5 N–H and O–H groups in total. The summed E-state index contributed by atoms with van der Waals surface area (Å²) < 4.78 is 41.3. The van der Waals surface area contributed by atoms with Crippen molar-refractivity contribution in [3.8, 4) is 11.4 Å². The summed E-state index contributed by atoms with van der Waals surface area (Å²) in [5, 5.41) is 20.6. The number of nitrogens with one attached hydrogen (secondary N) is 2. The summed E-state index contributed by atoms with van der Waals surface area (Å²) in [5.41, 5.74) is 5.37. The molecule has 142 valence electrons. The van der Waals surface area contributed by atoms with E-state index < -0.39 is 24.0 Å². The molecule has 1 amide bonds. The van der Waals surface area contributed by atoms with Gasteiger partial charge in [0.1, 0.15) is 0 Å². The summed E-state index contributed by atoms with van der Waals surface area (Å²) in [6, 6.07) is 5.25. The van der Waals surface area contributed by atoms with Gasteiger partial charge in [0.25, 0.3) is 5.91 Å². The molecule has 0 spiro atoms. The van der Waals surface area contributed by atoms with E-state index in [-0.39, 0.29) is 18.0 Å². The van der Waals surface area contributed by atoms with Gasteiger partial charge in [-0.2, -0.15) is 18.2 Å². The number of alkyl halides is 3. The molecule has 26 heavy (non-hydrogen) atoms. The SMILES string of the molecule is CC(C=N)NC(=O)c1ccc(-c2noc(C(F)(F)F)n2)cc1.NCCO. The normalized spacial score (nSPS) is 11.9. The Labute approximate surface area is 146 Å². The van der Waals surface area contributed by atoms with E-state index in [1.807, 2.05) is 0 Å². The average molecular weight is 373 g/mol. The Morgan fingerprint density at radius 1 is 1.42 bits per heavy atom. The second kappa shape index (κ2) is 9.63.